The number of aryl methyl sites for hydroxylation is 1. The van der Waals surface area contributed by atoms with Gasteiger partial charge in [-0.25, -0.2) is 0 Å². The predicted octanol–water partition coefficient (Wildman–Crippen LogP) is 3.01. The third kappa shape index (κ3) is 2.26. The Kier molecular flexibility index (Phi) is 3.19. The van der Waals surface area contributed by atoms with Gasteiger partial charge in [-0.2, -0.15) is 5.10 Å². The minimum absolute atomic E-state index is 0.00500. The second kappa shape index (κ2) is 5.38. The molecule has 4 rings (SSSR count). The molecule has 1 aromatic carbocycles. The molecule has 0 saturated heterocycles. The van der Waals surface area contributed by atoms with Crippen molar-refractivity contribution in [1.29, 1.82) is 0 Å². The molecule has 0 aliphatic heterocycles. The van der Waals surface area contributed by atoms with Gasteiger partial charge >= 0.3 is 5.78 Å². The highest BCUT2D eigenvalue weighted by molar-refractivity contribution is 6.04. The molecule has 3 heterocycles. The topological polar surface area (TPSA) is 90.3 Å². The van der Waals surface area contributed by atoms with Crippen molar-refractivity contribution in [2.75, 3.05) is 5.32 Å². The van der Waals surface area contributed by atoms with Crippen LogP contribution in [0.1, 0.15) is 17.5 Å². The highest BCUT2D eigenvalue weighted by Crippen LogP contribution is 2.22. The van der Waals surface area contributed by atoms with E-state index in [4.69, 9.17) is 8.83 Å². The van der Waals surface area contributed by atoms with Gasteiger partial charge in [-0.3, -0.25) is 14.3 Å². The van der Waals surface area contributed by atoms with Gasteiger partial charge in [0.15, 0.2) is 5.76 Å². The maximum absolute atomic E-state index is 12.5. The molecule has 1 amide bonds. The fraction of sp³-hybridized carbons (Fsp3) is 0.118. The number of aromatic nitrogens is 2. The first-order chi connectivity index (χ1) is 11.7. The smallest absolute Gasteiger partial charge is 0.302 e. The van der Waals surface area contributed by atoms with Crippen molar-refractivity contribution in [2.24, 2.45) is 0 Å². The summed E-state index contributed by atoms with van der Waals surface area (Å²) in [7, 11) is 0. The Balaban J connectivity index is 1.74. The lowest BCUT2D eigenvalue weighted by molar-refractivity contribution is 0.0997. The van der Waals surface area contributed by atoms with E-state index in [9.17, 15) is 9.59 Å². The number of anilines is 1. The van der Waals surface area contributed by atoms with Crippen LogP contribution in [0.25, 0.3) is 22.1 Å². The van der Waals surface area contributed by atoms with Crippen molar-refractivity contribution in [3.63, 3.8) is 0 Å². The number of nitrogens with one attached hydrogen (secondary N) is 1. The monoisotopic (exact) mass is 323 g/mol. The number of nitrogens with zero attached hydrogens (tertiary/aromatic N) is 2. The van der Waals surface area contributed by atoms with Gasteiger partial charge in [0, 0.05) is 18.8 Å². The second-order valence-electron chi connectivity index (χ2n) is 5.28. The van der Waals surface area contributed by atoms with Crippen LogP contribution in [0.15, 0.2) is 56.4 Å². The van der Waals surface area contributed by atoms with Crippen LogP contribution < -0.4 is 10.7 Å². The predicted molar refractivity (Wildman–Crippen MR) is 88.1 cm³/mol. The summed E-state index contributed by atoms with van der Waals surface area (Å²) < 4.78 is 12.7. The Labute approximate surface area is 135 Å². The molecule has 0 bridgehead atoms. The Morgan fingerprint density at radius 3 is 2.88 bits per heavy atom. The lowest BCUT2D eigenvalue weighted by Gasteiger charge is -1.98. The molecule has 24 heavy (non-hydrogen) atoms. The summed E-state index contributed by atoms with van der Waals surface area (Å²) in [6, 6.07) is 8.26. The highest BCUT2D eigenvalue weighted by Gasteiger charge is 2.18. The quantitative estimate of drug-likeness (QED) is 0.626. The maximum atomic E-state index is 12.5. The van der Waals surface area contributed by atoms with Crippen LogP contribution >= 0.6 is 0 Å². The van der Waals surface area contributed by atoms with Gasteiger partial charge in [0.25, 0.3) is 5.91 Å². The Morgan fingerprint density at radius 2 is 2.08 bits per heavy atom. The molecule has 4 aromatic rings. The summed E-state index contributed by atoms with van der Waals surface area (Å²) in [6.45, 7) is 2.64. The van der Waals surface area contributed by atoms with Gasteiger partial charge in [0.1, 0.15) is 11.0 Å². The minimum atomic E-state index is -0.472. The summed E-state index contributed by atoms with van der Waals surface area (Å²) >= 11 is 0. The molecule has 0 saturated carbocycles. The zero-order chi connectivity index (χ0) is 16.7. The molecule has 0 aliphatic rings. The molecule has 0 fully saturated rings. The number of carbonyl (C=O) groups excluding carboxylic acids is 1. The largest absolute Gasteiger partial charge is 0.425 e. The minimum Gasteiger partial charge on any atom is -0.425 e. The van der Waals surface area contributed by atoms with Crippen LogP contribution in [-0.4, -0.2) is 15.7 Å². The second-order valence-corrected chi connectivity index (χ2v) is 5.28. The molecule has 0 aliphatic carbocycles. The normalized spacial score (nSPS) is 11.2. The van der Waals surface area contributed by atoms with Crippen LogP contribution in [-0.2, 0) is 6.54 Å². The molecule has 7 heteroatoms. The third-order valence-electron chi connectivity index (χ3n) is 3.72. The number of benzene rings is 1. The molecule has 0 radical (unpaired) electrons. The molecule has 120 valence electrons. The number of hydrogen-bond acceptors (Lipinski definition) is 5. The van der Waals surface area contributed by atoms with Crippen LogP contribution in [0.5, 0.6) is 0 Å². The molecule has 0 spiro atoms. The first-order valence-electron chi connectivity index (χ1n) is 7.45. The van der Waals surface area contributed by atoms with E-state index in [0.29, 0.717) is 23.2 Å². The van der Waals surface area contributed by atoms with E-state index >= 15 is 0 Å². The van der Waals surface area contributed by atoms with E-state index in [0.717, 1.165) is 0 Å². The van der Waals surface area contributed by atoms with Gasteiger partial charge in [-0.15, -0.1) is 0 Å². The van der Waals surface area contributed by atoms with Crippen molar-refractivity contribution >= 4 is 33.7 Å². The number of carbonyl (C=O) groups is 1. The van der Waals surface area contributed by atoms with Gasteiger partial charge < -0.3 is 14.2 Å². The first-order valence-corrected chi connectivity index (χ1v) is 7.45. The number of rotatable bonds is 3. The molecule has 7 nitrogen and oxygen atoms in total. The number of furan rings is 1. The van der Waals surface area contributed by atoms with E-state index in [1.807, 2.05) is 6.92 Å². The van der Waals surface area contributed by atoms with Gasteiger partial charge in [-0.1, -0.05) is 12.1 Å². The van der Waals surface area contributed by atoms with Crippen molar-refractivity contribution in [3.05, 3.63) is 58.7 Å². The third-order valence-corrected chi connectivity index (χ3v) is 3.72. The zero-order valence-electron chi connectivity index (χ0n) is 12.8. The molecule has 0 unspecified atom stereocenters. The van der Waals surface area contributed by atoms with Crippen LogP contribution in [0.3, 0.4) is 0 Å². The van der Waals surface area contributed by atoms with Crippen molar-refractivity contribution < 1.29 is 13.6 Å². The van der Waals surface area contributed by atoms with E-state index in [2.05, 4.69) is 10.4 Å². The Hall–Kier alpha value is -3.35. The Morgan fingerprint density at radius 1 is 1.25 bits per heavy atom. The lowest BCUT2D eigenvalue weighted by atomic mass is 10.2. The number of fused-ring (bicyclic) bond motifs is 2. The lowest BCUT2D eigenvalue weighted by Crippen LogP contribution is -2.10. The number of para-hydroxylation sites is 1. The number of amides is 1. The van der Waals surface area contributed by atoms with Crippen LogP contribution in [0, 0.1) is 0 Å². The summed E-state index contributed by atoms with van der Waals surface area (Å²) in [4.78, 5) is 24.8. The molecule has 0 atom stereocenters. The molecule has 3 aromatic heterocycles. The van der Waals surface area contributed by atoms with Gasteiger partial charge in [-0.05, 0) is 19.1 Å². The Bertz CT molecular complexity index is 1120. The molecule has 1 N–H and O–H groups in total. The SMILES string of the molecule is CCn1cc(NC(=O)c2cc3c(=O)c4ccccc4oc3o2)cn1. The van der Waals surface area contributed by atoms with Crippen molar-refractivity contribution in [2.45, 2.75) is 13.5 Å². The zero-order valence-corrected chi connectivity index (χ0v) is 12.8. The maximum Gasteiger partial charge on any atom is 0.302 e. The summed E-state index contributed by atoms with van der Waals surface area (Å²) in [5.41, 5.74) is 0.737. The van der Waals surface area contributed by atoms with E-state index < -0.39 is 5.91 Å². The first kappa shape index (κ1) is 14.3. The highest BCUT2D eigenvalue weighted by atomic mass is 16.5. The standard InChI is InChI=1S/C17H13N3O4/c1-2-20-9-10(8-18-20)19-16(22)14-7-12-15(21)11-5-3-4-6-13(11)23-17(12)24-14/h3-9H,2H2,1H3,(H,19,22). The van der Waals surface area contributed by atoms with E-state index in [-0.39, 0.29) is 22.4 Å². The molecular formula is C17H13N3O4. The summed E-state index contributed by atoms with van der Waals surface area (Å²) in [6.07, 6.45) is 3.25. The average molecular weight is 323 g/mol. The van der Waals surface area contributed by atoms with E-state index in [1.54, 1.807) is 41.3 Å². The van der Waals surface area contributed by atoms with Crippen LogP contribution in [0.4, 0.5) is 5.69 Å². The molecular weight excluding hydrogens is 310 g/mol. The van der Waals surface area contributed by atoms with Gasteiger partial charge in [0.05, 0.1) is 17.3 Å². The van der Waals surface area contributed by atoms with E-state index in [1.165, 1.54) is 6.07 Å². The summed E-state index contributed by atoms with van der Waals surface area (Å²) in [5, 5.41) is 7.44. The van der Waals surface area contributed by atoms with Gasteiger partial charge in [0.2, 0.25) is 5.43 Å². The fourth-order valence-corrected chi connectivity index (χ4v) is 2.50. The van der Waals surface area contributed by atoms with Crippen molar-refractivity contribution in [3.8, 4) is 0 Å². The van der Waals surface area contributed by atoms with Crippen molar-refractivity contribution in [1.82, 2.24) is 9.78 Å². The summed E-state index contributed by atoms with van der Waals surface area (Å²) in [5.74, 6) is -0.431. The van der Waals surface area contributed by atoms with Crippen LogP contribution in [0.2, 0.25) is 0 Å². The average Bonchev–Trinajstić information content (AvgIpc) is 3.22. The fourth-order valence-electron chi connectivity index (χ4n) is 2.50. The number of hydrogen-bond donors (Lipinski definition) is 1.